The van der Waals surface area contributed by atoms with Crippen molar-refractivity contribution >= 4 is 46.9 Å². The Kier molecular flexibility index (Phi) is 6.46. The second-order valence-electron chi connectivity index (χ2n) is 6.71. The van der Waals surface area contributed by atoms with Crippen molar-refractivity contribution in [3.63, 3.8) is 0 Å². The standard InChI is InChI=1S/C22H21N3O2S3/c1-28-18-17(22(29-2)30-23-18)21(27)25-14-13-24(19(25)15-9-5-3-6-10-15)20(26)16-11-7-4-8-12-16/h3-12,19H,13-14H2,1-2H3/t19-/m0/s1. The van der Waals surface area contributed by atoms with Crippen molar-refractivity contribution in [3.8, 4) is 0 Å². The Morgan fingerprint density at radius 3 is 2.10 bits per heavy atom. The summed E-state index contributed by atoms with van der Waals surface area (Å²) >= 11 is 4.37. The van der Waals surface area contributed by atoms with E-state index >= 15 is 0 Å². The van der Waals surface area contributed by atoms with E-state index in [4.69, 9.17) is 0 Å². The van der Waals surface area contributed by atoms with Crippen molar-refractivity contribution in [2.75, 3.05) is 25.6 Å². The Morgan fingerprint density at radius 2 is 1.50 bits per heavy atom. The molecule has 0 spiro atoms. The highest BCUT2D eigenvalue weighted by Crippen LogP contribution is 2.38. The van der Waals surface area contributed by atoms with E-state index in [9.17, 15) is 9.59 Å². The molecule has 0 unspecified atom stereocenters. The van der Waals surface area contributed by atoms with E-state index in [0.717, 1.165) is 14.8 Å². The van der Waals surface area contributed by atoms with E-state index in [1.54, 1.807) is 9.80 Å². The first-order valence-corrected chi connectivity index (χ1v) is 12.7. The van der Waals surface area contributed by atoms with Gasteiger partial charge in [0.15, 0.2) is 0 Å². The predicted molar refractivity (Wildman–Crippen MR) is 123 cm³/mol. The molecule has 3 aromatic rings. The molecule has 2 amide bonds. The summed E-state index contributed by atoms with van der Waals surface area (Å²) in [5.41, 5.74) is 2.20. The van der Waals surface area contributed by atoms with Gasteiger partial charge in [-0.3, -0.25) is 9.59 Å². The fourth-order valence-corrected chi connectivity index (χ4v) is 5.91. The molecule has 1 aromatic heterocycles. The maximum atomic E-state index is 13.7. The molecular formula is C22H21N3O2S3. The molecule has 1 atom stereocenters. The SMILES string of the molecule is CSc1nsc(SC)c1C(=O)N1CCN(C(=O)c2ccccc2)[C@@H]1c1ccccc1. The van der Waals surface area contributed by atoms with Gasteiger partial charge in [0, 0.05) is 18.7 Å². The van der Waals surface area contributed by atoms with Crippen LogP contribution in [-0.4, -0.2) is 51.6 Å². The normalized spacial score (nSPS) is 16.1. The van der Waals surface area contributed by atoms with Crippen LogP contribution in [0.3, 0.4) is 0 Å². The van der Waals surface area contributed by atoms with Crippen LogP contribution in [0, 0.1) is 0 Å². The van der Waals surface area contributed by atoms with Crippen molar-refractivity contribution < 1.29 is 9.59 Å². The average molecular weight is 456 g/mol. The monoisotopic (exact) mass is 455 g/mol. The number of amides is 2. The van der Waals surface area contributed by atoms with Crippen LogP contribution < -0.4 is 0 Å². The van der Waals surface area contributed by atoms with Crippen molar-refractivity contribution in [1.82, 2.24) is 14.2 Å². The van der Waals surface area contributed by atoms with Crippen molar-refractivity contribution in [2.45, 2.75) is 15.4 Å². The van der Waals surface area contributed by atoms with Crippen LogP contribution in [0.25, 0.3) is 0 Å². The van der Waals surface area contributed by atoms with Gasteiger partial charge in [-0.2, -0.15) is 4.37 Å². The molecule has 30 heavy (non-hydrogen) atoms. The molecule has 0 saturated carbocycles. The van der Waals surface area contributed by atoms with Crippen molar-refractivity contribution in [3.05, 3.63) is 77.4 Å². The summed E-state index contributed by atoms with van der Waals surface area (Å²) in [5.74, 6) is -0.145. The summed E-state index contributed by atoms with van der Waals surface area (Å²) in [6, 6.07) is 19.0. The number of hydrogen-bond acceptors (Lipinski definition) is 6. The maximum Gasteiger partial charge on any atom is 0.260 e. The van der Waals surface area contributed by atoms with Crippen molar-refractivity contribution in [2.24, 2.45) is 0 Å². The Balaban J connectivity index is 1.74. The number of nitrogens with zero attached hydrogens (tertiary/aromatic N) is 3. The zero-order valence-corrected chi connectivity index (χ0v) is 19.1. The molecular weight excluding hydrogens is 434 g/mol. The Labute approximate surface area is 188 Å². The molecule has 2 aromatic carbocycles. The molecule has 154 valence electrons. The van der Waals surface area contributed by atoms with E-state index in [1.165, 1.54) is 35.1 Å². The minimum Gasteiger partial charge on any atom is -0.312 e. The summed E-state index contributed by atoms with van der Waals surface area (Å²) < 4.78 is 5.36. The molecule has 4 rings (SSSR count). The van der Waals surface area contributed by atoms with E-state index in [0.29, 0.717) is 24.2 Å². The minimum atomic E-state index is -0.448. The van der Waals surface area contributed by atoms with Gasteiger partial charge in [-0.15, -0.1) is 23.5 Å². The zero-order chi connectivity index (χ0) is 21.1. The molecule has 0 bridgehead atoms. The molecule has 5 nitrogen and oxygen atoms in total. The van der Waals surface area contributed by atoms with Gasteiger partial charge in [0.1, 0.15) is 11.2 Å². The lowest BCUT2D eigenvalue weighted by atomic mass is 10.1. The molecule has 0 N–H and O–H groups in total. The topological polar surface area (TPSA) is 53.5 Å². The number of hydrogen-bond donors (Lipinski definition) is 0. The van der Waals surface area contributed by atoms with Gasteiger partial charge in [-0.1, -0.05) is 48.5 Å². The number of benzene rings is 2. The van der Waals surface area contributed by atoms with Crippen LogP contribution in [0.2, 0.25) is 0 Å². The highest BCUT2D eigenvalue weighted by molar-refractivity contribution is 8.01. The van der Waals surface area contributed by atoms with E-state index in [2.05, 4.69) is 4.37 Å². The smallest absolute Gasteiger partial charge is 0.260 e. The van der Waals surface area contributed by atoms with Crippen LogP contribution in [0.5, 0.6) is 0 Å². The number of carbonyl (C=O) groups is 2. The fourth-order valence-electron chi connectivity index (χ4n) is 3.65. The summed E-state index contributed by atoms with van der Waals surface area (Å²) in [6.07, 6.45) is 3.44. The first kappa shape index (κ1) is 21.0. The number of rotatable bonds is 5. The third-order valence-electron chi connectivity index (χ3n) is 5.03. The average Bonchev–Trinajstić information content (AvgIpc) is 3.43. The number of thioether (sulfide) groups is 2. The first-order chi connectivity index (χ1) is 14.7. The quantitative estimate of drug-likeness (QED) is 0.513. The van der Waals surface area contributed by atoms with Crippen LogP contribution in [0.1, 0.15) is 32.4 Å². The van der Waals surface area contributed by atoms with Crippen molar-refractivity contribution in [1.29, 1.82) is 0 Å². The van der Waals surface area contributed by atoms with Gasteiger partial charge in [-0.25, -0.2) is 0 Å². The Morgan fingerprint density at radius 1 is 0.900 bits per heavy atom. The molecule has 1 aliphatic rings. The van der Waals surface area contributed by atoms with Crippen LogP contribution in [0.4, 0.5) is 0 Å². The van der Waals surface area contributed by atoms with E-state index < -0.39 is 6.17 Å². The molecule has 1 aliphatic heterocycles. The van der Waals surface area contributed by atoms with Gasteiger partial charge >= 0.3 is 0 Å². The Bertz CT molecular complexity index is 1020. The third kappa shape index (κ3) is 3.87. The van der Waals surface area contributed by atoms with Gasteiger partial charge < -0.3 is 9.80 Å². The maximum absolute atomic E-state index is 13.7. The molecule has 8 heteroatoms. The number of carbonyl (C=O) groups excluding carboxylic acids is 2. The summed E-state index contributed by atoms with van der Waals surface area (Å²) in [5, 5.41) is 0.744. The van der Waals surface area contributed by atoms with Gasteiger partial charge in [0.05, 0.1) is 9.77 Å². The minimum absolute atomic E-state index is 0.0709. The van der Waals surface area contributed by atoms with Gasteiger partial charge in [0.25, 0.3) is 11.8 Å². The number of aromatic nitrogens is 1. The zero-order valence-electron chi connectivity index (χ0n) is 16.6. The highest BCUT2D eigenvalue weighted by atomic mass is 32.2. The van der Waals surface area contributed by atoms with Crippen LogP contribution >= 0.6 is 35.1 Å². The molecule has 0 aliphatic carbocycles. The highest BCUT2D eigenvalue weighted by Gasteiger charge is 2.41. The fraction of sp³-hybridized carbons (Fsp3) is 0.227. The van der Waals surface area contributed by atoms with Crippen LogP contribution in [0.15, 0.2) is 69.9 Å². The van der Waals surface area contributed by atoms with Gasteiger partial charge in [0.2, 0.25) is 0 Å². The van der Waals surface area contributed by atoms with E-state index in [-0.39, 0.29) is 11.8 Å². The molecule has 0 radical (unpaired) electrons. The summed E-state index contributed by atoms with van der Waals surface area (Å²) in [6.45, 7) is 0.967. The Hall–Kier alpha value is -2.29. The molecule has 1 saturated heterocycles. The second kappa shape index (κ2) is 9.24. The molecule has 1 fully saturated rings. The van der Waals surface area contributed by atoms with Gasteiger partial charge in [-0.05, 0) is 41.7 Å². The molecule has 2 heterocycles. The lowest BCUT2D eigenvalue weighted by molar-refractivity contribution is 0.0541. The van der Waals surface area contributed by atoms with Crippen LogP contribution in [-0.2, 0) is 0 Å². The first-order valence-electron chi connectivity index (χ1n) is 9.45. The second-order valence-corrected chi connectivity index (χ2v) is 9.35. The largest absolute Gasteiger partial charge is 0.312 e. The third-order valence-corrected chi connectivity index (χ3v) is 7.77. The lowest BCUT2D eigenvalue weighted by Crippen LogP contribution is -2.38. The summed E-state index contributed by atoms with van der Waals surface area (Å²) in [7, 11) is 0. The summed E-state index contributed by atoms with van der Waals surface area (Å²) in [4.78, 5) is 30.6. The van der Waals surface area contributed by atoms with E-state index in [1.807, 2.05) is 73.2 Å². The predicted octanol–water partition coefficient (Wildman–Crippen LogP) is 4.88. The lowest BCUT2D eigenvalue weighted by Gasteiger charge is -2.31.